The number of rotatable bonds is 3. The molecule has 2 aromatic carbocycles. The lowest BCUT2D eigenvalue weighted by molar-refractivity contribution is -0.143. The van der Waals surface area contributed by atoms with Crippen molar-refractivity contribution in [2.24, 2.45) is 0 Å². The Bertz CT molecular complexity index is 1060. The smallest absolute Gasteiger partial charge is 0.416 e. The minimum Gasteiger partial charge on any atom is -0.451 e. The van der Waals surface area contributed by atoms with Crippen LogP contribution in [0.25, 0.3) is 11.3 Å². The Hall–Kier alpha value is -3.23. The molecule has 30 heavy (non-hydrogen) atoms. The number of halogens is 6. The number of carbonyl (C=O) groups excluding carboxylic acids is 1. The molecule has 0 saturated heterocycles. The molecule has 158 valence electrons. The second-order valence-electron chi connectivity index (χ2n) is 6.71. The van der Waals surface area contributed by atoms with Crippen LogP contribution in [0.3, 0.4) is 0 Å². The standard InChI is InChI=1S/C21H15F6NO2/c1-11-3-4-13(7-12(11)2)17-5-6-18(30-17)19(29)28-16-9-14(20(22,23)24)8-15(10-16)21(25,26)27/h3-10H,1-2H3,(H,28,29). The maximum atomic E-state index is 12.9. The summed E-state index contributed by atoms with van der Waals surface area (Å²) in [6.07, 6.45) is -10.0. The summed E-state index contributed by atoms with van der Waals surface area (Å²) in [6.45, 7) is 3.81. The molecule has 3 rings (SSSR count). The summed E-state index contributed by atoms with van der Waals surface area (Å²) in [4.78, 5) is 12.3. The van der Waals surface area contributed by atoms with Crippen LogP contribution in [0, 0.1) is 13.8 Å². The number of anilines is 1. The third kappa shape index (κ3) is 4.67. The molecule has 3 nitrogen and oxygen atoms in total. The summed E-state index contributed by atoms with van der Waals surface area (Å²) in [5.41, 5.74) is -0.987. The van der Waals surface area contributed by atoms with Gasteiger partial charge >= 0.3 is 12.4 Å². The van der Waals surface area contributed by atoms with Crippen LogP contribution in [-0.4, -0.2) is 5.91 Å². The molecule has 0 aliphatic heterocycles. The van der Waals surface area contributed by atoms with Crippen LogP contribution in [0.1, 0.15) is 32.8 Å². The molecule has 1 heterocycles. The Balaban J connectivity index is 1.89. The van der Waals surface area contributed by atoms with Gasteiger partial charge in [0.05, 0.1) is 11.1 Å². The van der Waals surface area contributed by atoms with Gasteiger partial charge in [-0.2, -0.15) is 26.3 Å². The maximum absolute atomic E-state index is 12.9. The summed E-state index contributed by atoms with van der Waals surface area (Å²) in [5.74, 6) is -0.894. The molecule has 0 aliphatic carbocycles. The average Bonchev–Trinajstić information content (AvgIpc) is 3.12. The van der Waals surface area contributed by atoms with Gasteiger partial charge < -0.3 is 9.73 Å². The normalized spacial score (nSPS) is 12.1. The van der Waals surface area contributed by atoms with Crippen molar-refractivity contribution in [1.82, 2.24) is 0 Å². The fourth-order valence-corrected chi connectivity index (χ4v) is 2.73. The highest BCUT2D eigenvalue weighted by Gasteiger charge is 2.37. The van der Waals surface area contributed by atoms with Gasteiger partial charge in [-0.15, -0.1) is 0 Å². The molecule has 0 spiro atoms. The number of carbonyl (C=O) groups is 1. The van der Waals surface area contributed by atoms with Gasteiger partial charge in [-0.25, -0.2) is 0 Å². The quantitative estimate of drug-likeness (QED) is 0.465. The van der Waals surface area contributed by atoms with E-state index in [2.05, 4.69) is 0 Å². The van der Waals surface area contributed by atoms with E-state index in [-0.39, 0.29) is 11.8 Å². The molecule has 1 amide bonds. The Morgan fingerprint density at radius 2 is 1.40 bits per heavy atom. The van der Waals surface area contributed by atoms with Gasteiger partial charge in [0.15, 0.2) is 5.76 Å². The number of benzene rings is 2. The van der Waals surface area contributed by atoms with Crippen LogP contribution in [0.4, 0.5) is 32.0 Å². The zero-order valence-electron chi connectivity index (χ0n) is 15.7. The van der Waals surface area contributed by atoms with Gasteiger partial charge in [-0.1, -0.05) is 12.1 Å². The predicted octanol–water partition coefficient (Wildman–Crippen LogP) is 6.85. The van der Waals surface area contributed by atoms with Gasteiger partial charge in [-0.05, 0) is 61.4 Å². The Labute approximate surface area is 167 Å². The number of hydrogen-bond acceptors (Lipinski definition) is 2. The van der Waals surface area contributed by atoms with Gasteiger partial charge in [-0.3, -0.25) is 4.79 Å². The summed E-state index contributed by atoms with van der Waals surface area (Å²) in [5, 5.41) is 2.04. The third-order valence-electron chi connectivity index (χ3n) is 4.47. The van der Waals surface area contributed by atoms with Crippen molar-refractivity contribution >= 4 is 11.6 Å². The minimum absolute atomic E-state index is 0.0135. The van der Waals surface area contributed by atoms with Crippen molar-refractivity contribution in [3.8, 4) is 11.3 Å². The molecule has 0 unspecified atom stereocenters. The van der Waals surface area contributed by atoms with Gasteiger partial charge in [0.2, 0.25) is 0 Å². The summed E-state index contributed by atoms with van der Waals surface area (Å²) >= 11 is 0. The highest BCUT2D eigenvalue weighted by Crippen LogP contribution is 2.37. The van der Waals surface area contributed by atoms with E-state index in [1.54, 1.807) is 6.07 Å². The molecule has 0 aliphatic rings. The van der Waals surface area contributed by atoms with Crippen LogP contribution < -0.4 is 5.32 Å². The number of furan rings is 1. The second-order valence-corrected chi connectivity index (χ2v) is 6.71. The number of alkyl halides is 6. The SMILES string of the molecule is Cc1ccc(-c2ccc(C(=O)Nc3cc(C(F)(F)F)cc(C(F)(F)F)c3)o2)cc1C. The third-order valence-corrected chi connectivity index (χ3v) is 4.47. The number of nitrogens with one attached hydrogen (secondary N) is 1. The fraction of sp³-hybridized carbons (Fsp3) is 0.190. The van der Waals surface area contributed by atoms with E-state index >= 15 is 0 Å². The van der Waals surface area contributed by atoms with E-state index in [0.717, 1.165) is 11.1 Å². The molecular weight excluding hydrogens is 412 g/mol. The lowest BCUT2D eigenvalue weighted by atomic mass is 10.1. The first-order valence-corrected chi connectivity index (χ1v) is 8.63. The molecule has 0 bridgehead atoms. The Kier molecular flexibility index (Phi) is 5.40. The second kappa shape index (κ2) is 7.55. The van der Waals surface area contributed by atoms with Crippen molar-refractivity contribution in [3.63, 3.8) is 0 Å². The predicted molar refractivity (Wildman–Crippen MR) is 98.0 cm³/mol. The molecule has 0 fully saturated rings. The summed E-state index contributed by atoms with van der Waals surface area (Å²) < 4.78 is 83.1. The molecule has 1 aromatic heterocycles. The largest absolute Gasteiger partial charge is 0.451 e. The van der Waals surface area contributed by atoms with Crippen LogP contribution in [0.5, 0.6) is 0 Å². The zero-order valence-corrected chi connectivity index (χ0v) is 15.7. The first kappa shape index (κ1) is 21.5. The van der Waals surface area contributed by atoms with Crippen LogP contribution in [0.15, 0.2) is 52.9 Å². The van der Waals surface area contributed by atoms with E-state index in [1.165, 1.54) is 12.1 Å². The lowest BCUT2D eigenvalue weighted by Crippen LogP contribution is -2.15. The lowest BCUT2D eigenvalue weighted by Gasteiger charge is -2.14. The zero-order chi connectivity index (χ0) is 22.3. The van der Waals surface area contributed by atoms with Gasteiger partial charge in [0.25, 0.3) is 5.91 Å². The van der Waals surface area contributed by atoms with E-state index < -0.39 is 35.1 Å². The fourth-order valence-electron chi connectivity index (χ4n) is 2.73. The van der Waals surface area contributed by atoms with Crippen molar-refractivity contribution in [3.05, 3.63) is 76.5 Å². The molecule has 0 saturated carbocycles. The molecule has 1 N–H and O–H groups in total. The van der Waals surface area contributed by atoms with Crippen LogP contribution >= 0.6 is 0 Å². The van der Waals surface area contributed by atoms with Gasteiger partial charge in [0.1, 0.15) is 5.76 Å². The highest BCUT2D eigenvalue weighted by atomic mass is 19.4. The Morgan fingerprint density at radius 1 is 0.800 bits per heavy atom. The van der Waals surface area contributed by atoms with E-state index in [1.807, 2.05) is 31.3 Å². The first-order valence-electron chi connectivity index (χ1n) is 8.63. The van der Waals surface area contributed by atoms with Crippen molar-refractivity contribution in [2.45, 2.75) is 26.2 Å². The number of amides is 1. The Morgan fingerprint density at radius 3 is 1.93 bits per heavy atom. The monoisotopic (exact) mass is 427 g/mol. The number of aryl methyl sites for hydroxylation is 2. The molecule has 0 radical (unpaired) electrons. The van der Waals surface area contributed by atoms with E-state index in [9.17, 15) is 31.1 Å². The highest BCUT2D eigenvalue weighted by molar-refractivity contribution is 6.02. The molecular formula is C21H15F6NO2. The van der Waals surface area contributed by atoms with Crippen LogP contribution in [0.2, 0.25) is 0 Å². The summed E-state index contributed by atoms with van der Waals surface area (Å²) in [7, 11) is 0. The van der Waals surface area contributed by atoms with E-state index in [0.29, 0.717) is 23.5 Å². The topological polar surface area (TPSA) is 42.2 Å². The van der Waals surface area contributed by atoms with Crippen molar-refractivity contribution in [1.29, 1.82) is 0 Å². The molecule has 9 heteroatoms. The summed E-state index contributed by atoms with van der Waals surface area (Å²) in [6, 6.07) is 9.09. The van der Waals surface area contributed by atoms with Crippen molar-refractivity contribution in [2.75, 3.05) is 5.32 Å². The van der Waals surface area contributed by atoms with E-state index in [4.69, 9.17) is 4.42 Å². The van der Waals surface area contributed by atoms with Crippen molar-refractivity contribution < 1.29 is 35.6 Å². The van der Waals surface area contributed by atoms with Crippen LogP contribution in [-0.2, 0) is 12.4 Å². The average molecular weight is 427 g/mol. The minimum atomic E-state index is -5.01. The first-order chi connectivity index (χ1) is 13.8. The molecule has 3 aromatic rings. The molecule has 0 atom stereocenters. The maximum Gasteiger partial charge on any atom is 0.416 e. The number of hydrogen-bond donors (Lipinski definition) is 1. The van der Waals surface area contributed by atoms with Gasteiger partial charge in [0, 0.05) is 11.3 Å².